The van der Waals surface area contributed by atoms with Crippen LogP contribution in [0.4, 0.5) is 5.69 Å². The van der Waals surface area contributed by atoms with E-state index in [1.165, 1.54) is 39.3 Å². The molecule has 0 spiro atoms. The molecule has 0 unspecified atom stereocenters. The molecule has 0 atom stereocenters. The van der Waals surface area contributed by atoms with E-state index in [4.69, 9.17) is 4.74 Å². The number of aliphatic hydroxyl groups excluding tert-OH is 1. The zero-order chi connectivity index (χ0) is 19.4. The predicted molar refractivity (Wildman–Crippen MR) is 104 cm³/mol. The summed E-state index contributed by atoms with van der Waals surface area (Å²) in [5, 5.41) is 9.54. The van der Waals surface area contributed by atoms with Crippen LogP contribution in [0.5, 0.6) is 0 Å². The van der Waals surface area contributed by atoms with Gasteiger partial charge in [0.05, 0.1) is 23.4 Å². The topological polar surface area (TPSA) is 76.0 Å². The van der Waals surface area contributed by atoms with Crippen molar-refractivity contribution in [2.24, 2.45) is 4.99 Å². The summed E-state index contributed by atoms with van der Waals surface area (Å²) < 4.78 is 5.34. The lowest BCUT2D eigenvalue weighted by Crippen LogP contribution is -2.07. The van der Waals surface area contributed by atoms with Crippen LogP contribution in [0.1, 0.15) is 69.7 Å². The molecule has 0 saturated heterocycles. The fourth-order valence-corrected chi connectivity index (χ4v) is 2.46. The van der Waals surface area contributed by atoms with Crippen LogP contribution in [-0.2, 0) is 9.53 Å². The molecule has 1 aromatic rings. The number of hydrogen-bond donors (Lipinski definition) is 1. The summed E-state index contributed by atoms with van der Waals surface area (Å²) in [4.78, 5) is 28.0. The predicted octanol–water partition coefficient (Wildman–Crippen LogP) is 5.33. The van der Waals surface area contributed by atoms with Crippen LogP contribution >= 0.6 is 0 Å². The number of aliphatic hydroxyl groups is 1. The van der Waals surface area contributed by atoms with Crippen LogP contribution in [0, 0.1) is 0 Å². The Hall–Kier alpha value is -2.43. The minimum atomic E-state index is -0.430. The number of unbranched alkanes of at least 4 members (excludes halogenated alkanes) is 5. The van der Waals surface area contributed by atoms with Crippen LogP contribution in [0.2, 0.25) is 0 Å². The van der Waals surface area contributed by atoms with Crippen LogP contribution in [0.25, 0.3) is 0 Å². The highest BCUT2D eigenvalue weighted by Gasteiger charge is 2.12. The molecule has 0 aliphatic carbocycles. The van der Waals surface area contributed by atoms with Crippen molar-refractivity contribution in [2.75, 3.05) is 6.61 Å². The minimum Gasteiger partial charge on any atom is -0.512 e. The molecule has 0 bridgehead atoms. The second kappa shape index (κ2) is 12.0. The van der Waals surface area contributed by atoms with E-state index in [1.807, 2.05) is 0 Å². The van der Waals surface area contributed by atoms with E-state index in [0.717, 1.165) is 19.3 Å². The minimum absolute atomic E-state index is 0.107. The standard InChI is InChI=1S/C21H29NO4/c1-4-5-6-7-8-11-14-26-21(25)18-12-9-10-13-20(18)22-15-19(16(2)23)17(3)24/h9-10,12-13,15,23H,4-8,11,14H2,1-3H3. The van der Waals surface area contributed by atoms with Gasteiger partial charge in [-0.05, 0) is 32.4 Å². The van der Waals surface area contributed by atoms with Gasteiger partial charge in [0.1, 0.15) is 5.76 Å². The second-order valence-electron chi connectivity index (χ2n) is 6.23. The van der Waals surface area contributed by atoms with Crippen LogP contribution in [0.15, 0.2) is 40.6 Å². The van der Waals surface area contributed by atoms with Gasteiger partial charge in [-0.15, -0.1) is 0 Å². The highest BCUT2D eigenvalue weighted by Crippen LogP contribution is 2.20. The van der Waals surface area contributed by atoms with E-state index in [9.17, 15) is 14.7 Å². The van der Waals surface area contributed by atoms with E-state index in [0.29, 0.717) is 17.9 Å². The van der Waals surface area contributed by atoms with Crippen LogP contribution in [0.3, 0.4) is 0 Å². The largest absolute Gasteiger partial charge is 0.512 e. The van der Waals surface area contributed by atoms with Gasteiger partial charge in [0.2, 0.25) is 0 Å². The first-order valence-corrected chi connectivity index (χ1v) is 9.18. The SMILES string of the molecule is CCCCCCCCOC(=O)c1ccccc1N=CC(C(C)=O)=C(C)O. The summed E-state index contributed by atoms with van der Waals surface area (Å²) in [7, 11) is 0. The number of allylic oxidation sites excluding steroid dienone is 2. The Morgan fingerprint density at radius 2 is 1.73 bits per heavy atom. The Morgan fingerprint density at radius 3 is 2.38 bits per heavy atom. The zero-order valence-corrected chi connectivity index (χ0v) is 16.0. The molecule has 1 rings (SSSR count). The maximum atomic E-state index is 12.3. The average Bonchev–Trinajstić information content (AvgIpc) is 2.60. The van der Waals surface area contributed by atoms with Gasteiger partial charge < -0.3 is 9.84 Å². The summed E-state index contributed by atoms with van der Waals surface area (Å²) >= 11 is 0. The molecule has 1 aromatic carbocycles. The van der Waals surface area contributed by atoms with Gasteiger partial charge in [0.15, 0.2) is 5.78 Å². The van der Waals surface area contributed by atoms with E-state index in [-0.39, 0.29) is 17.1 Å². The third-order valence-electron chi connectivity index (χ3n) is 3.96. The third kappa shape index (κ3) is 7.64. The third-order valence-corrected chi connectivity index (χ3v) is 3.96. The molecule has 26 heavy (non-hydrogen) atoms. The summed E-state index contributed by atoms with van der Waals surface area (Å²) in [6.07, 6.45) is 8.01. The van der Waals surface area contributed by atoms with Gasteiger partial charge in [-0.1, -0.05) is 51.2 Å². The molecule has 0 amide bonds. The number of Topliss-reactive ketones (excluding diaryl/α,β-unsaturated/α-hetero) is 1. The summed E-state index contributed by atoms with van der Waals surface area (Å²) in [6, 6.07) is 6.79. The number of ether oxygens (including phenoxy) is 1. The van der Waals surface area contributed by atoms with Gasteiger partial charge in [-0.3, -0.25) is 9.79 Å². The monoisotopic (exact) mass is 359 g/mol. The molecule has 0 aliphatic heterocycles. The quantitative estimate of drug-likeness (QED) is 0.190. The molecule has 1 N–H and O–H groups in total. The van der Waals surface area contributed by atoms with E-state index < -0.39 is 5.97 Å². The summed E-state index contributed by atoms with van der Waals surface area (Å²) in [5.74, 6) is -0.832. The number of benzene rings is 1. The normalized spacial score (nSPS) is 12.1. The van der Waals surface area contributed by atoms with E-state index >= 15 is 0 Å². The summed E-state index contributed by atoms with van der Waals surface area (Å²) in [5.41, 5.74) is 0.855. The Morgan fingerprint density at radius 1 is 1.08 bits per heavy atom. The fourth-order valence-electron chi connectivity index (χ4n) is 2.46. The first-order valence-electron chi connectivity index (χ1n) is 9.18. The molecular formula is C21H29NO4. The van der Waals surface area contributed by atoms with E-state index in [2.05, 4.69) is 11.9 Å². The van der Waals surface area contributed by atoms with Gasteiger partial charge in [-0.2, -0.15) is 0 Å². The average molecular weight is 359 g/mol. The van der Waals surface area contributed by atoms with Crippen molar-refractivity contribution in [3.05, 3.63) is 41.2 Å². The number of carbonyl (C=O) groups is 2. The lowest BCUT2D eigenvalue weighted by molar-refractivity contribution is -0.113. The van der Waals surface area contributed by atoms with Gasteiger partial charge in [0.25, 0.3) is 0 Å². The molecule has 0 saturated carbocycles. The van der Waals surface area contributed by atoms with Crippen molar-refractivity contribution >= 4 is 23.7 Å². The Kier molecular flexibility index (Phi) is 9.98. The van der Waals surface area contributed by atoms with Gasteiger partial charge in [-0.25, -0.2) is 4.79 Å². The maximum absolute atomic E-state index is 12.3. The number of hydrogen-bond acceptors (Lipinski definition) is 5. The number of carbonyl (C=O) groups excluding carboxylic acids is 2. The molecule has 5 nitrogen and oxygen atoms in total. The fraction of sp³-hybridized carbons (Fsp3) is 0.476. The lowest BCUT2D eigenvalue weighted by atomic mass is 10.1. The number of rotatable bonds is 11. The van der Waals surface area contributed by atoms with E-state index in [1.54, 1.807) is 24.3 Å². The molecule has 0 aromatic heterocycles. The maximum Gasteiger partial charge on any atom is 0.340 e. The Balaban J connectivity index is 2.66. The molecule has 0 heterocycles. The van der Waals surface area contributed by atoms with Crippen molar-refractivity contribution in [3.8, 4) is 0 Å². The first-order chi connectivity index (χ1) is 12.5. The first kappa shape index (κ1) is 21.6. The molecule has 5 heteroatoms. The van der Waals surface area contributed by atoms with Gasteiger partial charge in [0, 0.05) is 6.21 Å². The molecule has 0 fully saturated rings. The number of para-hydroxylation sites is 1. The zero-order valence-electron chi connectivity index (χ0n) is 16.0. The highest BCUT2D eigenvalue weighted by atomic mass is 16.5. The highest BCUT2D eigenvalue weighted by molar-refractivity contribution is 6.13. The van der Waals surface area contributed by atoms with Crippen molar-refractivity contribution in [3.63, 3.8) is 0 Å². The second-order valence-corrected chi connectivity index (χ2v) is 6.23. The number of esters is 1. The molecular weight excluding hydrogens is 330 g/mol. The summed E-state index contributed by atoms with van der Waals surface area (Å²) in [6.45, 7) is 5.33. The molecule has 0 aliphatic rings. The smallest absolute Gasteiger partial charge is 0.340 e. The Bertz CT molecular complexity index is 658. The number of nitrogens with zero attached hydrogens (tertiary/aromatic N) is 1. The van der Waals surface area contributed by atoms with Crippen molar-refractivity contribution in [1.82, 2.24) is 0 Å². The Labute approximate surface area is 155 Å². The number of aliphatic imine (C=N–C) groups is 1. The lowest BCUT2D eigenvalue weighted by Gasteiger charge is -2.07. The molecule has 0 radical (unpaired) electrons. The van der Waals surface area contributed by atoms with Crippen LogP contribution in [-0.4, -0.2) is 29.7 Å². The van der Waals surface area contributed by atoms with Crippen molar-refractivity contribution in [1.29, 1.82) is 0 Å². The number of ketones is 1. The molecule has 142 valence electrons. The van der Waals surface area contributed by atoms with Gasteiger partial charge >= 0.3 is 5.97 Å². The van der Waals surface area contributed by atoms with Crippen molar-refractivity contribution in [2.45, 2.75) is 59.3 Å². The van der Waals surface area contributed by atoms with Crippen LogP contribution < -0.4 is 0 Å². The van der Waals surface area contributed by atoms with Crippen molar-refractivity contribution < 1.29 is 19.4 Å².